The number of thiophene rings is 1. The Morgan fingerprint density at radius 3 is 2.41 bits per heavy atom. The molecular weight excluding hydrogens is 487 g/mol. The molecule has 3 aromatic heterocycles. The summed E-state index contributed by atoms with van der Waals surface area (Å²) in [6, 6.07) is 3.93. The number of aliphatic carboxylic acids is 1. The predicted octanol–water partition coefficient (Wildman–Crippen LogP) is 3.09. The third-order valence-corrected chi connectivity index (χ3v) is 5.54. The van der Waals surface area contributed by atoms with Crippen LogP contribution in [0.1, 0.15) is 17.6 Å². The van der Waals surface area contributed by atoms with Crippen LogP contribution >= 0.6 is 11.3 Å². The van der Waals surface area contributed by atoms with Gasteiger partial charge in [0.25, 0.3) is 6.08 Å². The Morgan fingerprint density at radius 1 is 1.26 bits per heavy atom. The van der Waals surface area contributed by atoms with Gasteiger partial charge in [0.1, 0.15) is 5.82 Å². The van der Waals surface area contributed by atoms with Gasteiger partial charge in [-0.1, -0.05) is 0 Å². The molecular formula is C19H21F5N6O3S. The summed E-state index contributed by atoms with van der Waals surface area (Å²) >= 11 is 1.56. The third kappa shape index (κ3) is 6.84. The van der Waals surface area contributed by atoms with E-state index in [1.54, 1.807) is 24.5 Å². The number of nitrogens with two attached hydrogens (primary N) is 1. The largest absolute Gasteiger partial charge is 0.490 e. The molecule has 0 saturated carbocycles. The minimum atomic E-state index is -5.08. The number of aromatic nitrogens is 5. The summed E-state index contributed by atoms with van der Waals surface area (Å²) < 4.78 is 61.7. The van der Waals surface area contributed by atoms with Gasteiger partial charge in [-0.2, -0.15) is 32.1 Å². The van der Waals surface area contributed by atoms with Crippen molar-refractivity contribution in [3.8, 4) is 10.4 Å². The summed E-state index contributed by atoms with van der Waals surface area (Å²) in [5.41, 5.74) is 5.60. The van der Waals surface area contributed by atoms with E-state index in [2.05, 4.69) is 10.2 Å². The van der Waals surface area contributed by atoms with Crippen LogP contribution in [-0.4, -0.2) is 47.9 Å². The first kappa shape index (κ1) is 26.9. The van der Waals surface area contributed by atoms with Crippen LogP contribution in [0.2, 0.25) is 0 Å². The van der Waals surface area contributed by atoms with Gasteiger partial charge in [0.05, 0.1) is 19.3 Å². The van der Waals surface area contributed by atoms with E-state index in [-0.39, 0.29) is 18.7 Å². The highest BCUT2D eigenvalue weighted by Crippen LogP contribution is 2.28. The molecule has 0 atom stereocenters. The number of aryl methyl sites for hydroxylation is 2. The number of carboxylic acids is 1. The van der Waals surface area contributed by atoms with E-state index in [1.807, 2.05) is 29.9 Å². The highest BCUT2D eigenvalue weighted by atomic mass is 32.1. The summed E-state index contributed by atoms with van der Waals surface area (Å²) in [6.07, 6.45) is -3.18. The van der Waals surface area contributed by atoms with Gasteiger partial charge in [0.2, 0.25) is 0 Å². The zero-order chi connectivity index (χ0) is 25.6. The SMILES string of the molecule is CCn1cc(-c2ccc(Cn3c(C)nn(CC(CN)=C(F)F)c3=O)s2)cn1.O=C(O)C(F)(F)F. The average Bonchev–Trinajstić information content (AvgIpc) is 3.47. The molecule has 0 unspecified atom stereocenters. The molecule has 0 fully saturated rings. The molecule has 186 valence electrons. The molecule has 9 nitrogen and oxygen atoms in total. The van der Waals surface area contributed by atoms with E-state index < -0.39 is 23.9 Å². The molecule has 0 saturated heterocycles. The van der Waals surface area contributed by atoms with Crippen LogP contribution in [0.4, 0.5) is 22.0 Å². The lowest BCUT2D eigenvalue weighted by Crippen LogP contribution is -2.27. The van der Waals surface area contributed by atoms with Crippen LogP contribution < -0.4 is 11.4 Å². The second-order valence-corrected chi connectivity index (χ2v) is 7.96. The molecule has 0 radical (unpaired) electrons. The molecule has 3 heterocycles. The Labute approximate surface area is 193 Å². The van der Waals surface area contributed by atoms with Gasteiger partial charge in [0.15, 0.2) is 0 Å². The van der Waals surface area contributed by atoms with E-state index in [1.165, 1.54) is 4.57 Å². The number of nitrogens with zero attached hydrogens (tertiary/aromatic N) is 5. The fourth-order valence-electron chi connectivity index (χ4n) is 2.65. The van der Waals surface area contributed by atoms with Crippen molar-refractivity contribution in [3.05, 3.63) is 57.4 Å². The fraction of sp³-hybridized carbons (Fsp3) is 0.368. The molecule has 34 heavy (non-hydrogen) atoms. The Bertz CT molecular complexity index is 1220. The standard InChI is InChI=1S/C17H20F2N6OS.C2HF3O2/c1-3-23-8-13(7-21-23)15-5-4-14(27-15)10-24-11(2)22-25(17(24)26)9-12(6-20)16(18)19;3-2(4,5)1(6)7/h4-5,7-8H,3,6,9-10,20H2,1-2H3;(H,6,7). The fourth-order valence-corrected chi connectivity index (χ4v) is 3.63. The van der Waals surface area contributed by atoms with E-state index in [9.17, 15) is 26.7 Å². The molecule has 3 N–H and O–H groups in total. The van der Waals surface area contributed by atoms with Crippen LogP contribution in [0, 0.1) is 6.92 Å². The normalized spacial score (nSPS) is 11.2. The van der Waals surface area contributed by atoms with Crippen molar-refractivity contribution in [3.63, 3.8) is 0 Å². The highest BCUT2D eigenvalue weighted by molar-refractivity contribution is 7.15. The van der Waals surface area contributed by atoms with Crippen molar-refractivity contribution >= 4 is 17.3 Å². The number of hydrogen-bond donors (Lipinski definition) is 2. The van der Waals surface area contributed by atoms with Gasteiger partial charge >= 0.3 is 17.8 Å². The zero-order valence-electron chi connectivity index (χ0n) is 18.0. The van der Waals surface area contributed by atoms with Crippen molar-refractivity contribution in [2.75, 3.05) is 6.54 Å². The number of carbonyl (C=O) groups is 1. The maximum Gasteiger partial charge on any atom is 0.490 e. The Morgan fingerprint density at radius 2 is 1.91 bits per heavy atom. The lowest BCUT2D eigenvalue weighted by molar-refractivity contribution is -0.192. The number of halogens is 5. The molecule has 0 aromatic carbocycles. The molecule has 0 aliphatic rings. The first-order chi connectivity index (χ1) is 15.9. The summed E-state index contributed by atoms with van der Waals surface area (Å²) in [5.74, 6) is -2.29. The van der Waals surface area contributed by atoms with Gasteiger partial charge in [-0.15, -0.1) is 11.3 Å². The minimum Gasteiger partial charge on any atom is -0.475 e. The van der Waals surface area contributed by atoms with Gasteiger partial charge in [-0.3, -0.25) is 9.25 Å². The van der Waals surface area contributed by atoms with E-state index in [0.717, 1.165) is 26.5 Å². The van der Waals surface area contributed by atoms with Crippen LogP contribution in [-0.2, 0) is 24.4 Å². The Hall–Kier alpha value is -3.33. The van der Waals surface area contributed by atoms with Crippen molar-refractivity contribution < 1.29 is 31.9 Å². The zero-order valence-corrected chi connectivity index (χ0v) is 18.8. The quantitative estimate of drug-likeness (QED) is 0.473. The van der Waals surface area contributed by atoms with Gasteiger partial charge < -0.3 is 10.8 Å². The molecule has 0 spiro atoms. The van der Waals surface area contributed by atoms with Crippen molar-refractivity contribution in [1.82, 2.24) is 24.1 Å². The molecule has 0 bridgehead atoms. The second-order valence-electron chi connectivity index (χ2n) is 6.80. The summed E-state index contributed by atoms with van der Waals surface area (Å²) in [7, 11) is 0. The van der Waals surface area contributed by atoms with E-state index in [0.29, 0.717) is 12.4 Å². The third-order valence-electron chi connectivity index (χ3n) is 4.42. The minimum absolute atomic E-state index is 0.298. The van der Waals surface area contributed by atoms with Crippen LogP contribution in [0.3, 0.4) is 0 Å². The first-order valence-corrected chi connectivity index (χ1v) is 10.5. The molecule has 3 rings (SSSR count). The Kier molecular flexibility index (Phi) is 8.86. The summed E-state index contributed by atoms with van der Waals surface area (Å²) in [5, 5.41) is 15.5. The number of rotatable bonds is 7. The second kappa shape index (κ2) is 11.2. The number of hydrogen-bond acceptors (Lipinski definition) is 6. The van der Waals surface area contributed by atoms with E-state index >= 15 is 0 Å². The molecule has 15 heteroatoms. The van der Waals surface area contributed by atoms with Gasteiger partial charge in [-0.25, -0.2) is 14.3 Å². The van der Waals surface area contributed by atoms with Crippen molar-refractivity contribution in [1.29, 1.82) is 0 Å². The van der Waals surface area contributed by atoms with Crippen molar-refractivity contribution in [2.24, 2.45) is 5.73 Å². The molecule has 0 aliphatic carbocycles. The van der Waals surface area contributed by atoms with Crippen LogP contribution in [0.25, 0.3) is 10.4 Å². The first-order valence-electron chi connectivity index (χ1n) is 9.66. The smallest absolute Gasteiger partial charge is 0.475 e. The maximum atomic E-state index is 12.8. The number of alkyl halides is 3. The van der Waals surface area contributed by atoms with Gasteiger partial charge in [0, 0.05) is 40.2 Å². The van der Waals surface area contributed by atoms with Gasteiger partial charge in [-0.05, 0) is 26.0 Å². The van der Waals surface area contributed by atoms with E-state index in [4.69, 9.17) is 15.6 Å². The average molecular weight is 508 g/mol. The molecule has 3 aromatic rings. The lowest BCUT2D eigenvalue weighted by Gasteiger charge is -2.02. The maximum absolute atomic E-state index is 12.8. The van der Waals surface area contributed by atoms with Crippen LogP contribution in [0.5, 0.6) is 0 Å². The Balaban J connectivity index is 0.000000509. The highest BCUT2D eigenvalue weighted by Gasteiger charge is 2.38. The molecule has 0 amide bonds. The predicted molar refractivity (Wildman–Crippen MR) is 114 cm³/mol. The molecule has 0 aliphatic heterocycles. The summed E-state index contributed by atoms with van der Waals surface area (Å²) in [4.78, 5) is 23.4. The number of carboxylic acid groups (broad SMARTS) is 1. The topological polar surface area (TPSA) is 121 Å². The monoisotopic (exact) mass is 508 g/mol. The lowest BCUT2D eigenvalue weighted by atomic mass is 10.3. The van der Waals surface area contributed by atoms with Crippen LogP contribution in [0.15, 0.2) is 41.0 Å². The van der Waals surface area contributed by atoms with Crippen molar-refractivity contribution in [2.45, 2.75) is 39.7 Å². The summed E-state index contributed by atoms with van der Waals surface area (Å²) in [6.45, 7) is 4.19.